The molecular weight excluding hydrogens is 262 g/mol. The van der Waals surface area contributed by atoms with Crippen LogP contribution in [0.25, 0.3) is 0 Å². The first kappa shape index (κ1) is 15.9. The number of carbonyl (C=O) groups excluding carboxylic acids is 1. The normalized spacial score (nSPS) is 11.8. The van der Waals surface area contributed by atoms with E-state index in [1.165, 1.54) is 23.1 Å². The lowest BCUT2D eigenvalue weighted by Gasteiger charge is -2.19. The molecule has 0 aliphatic rings. The number of hydrogen-bond acceptors (Lipinski definition) is 5. The van der Waals surface area contributed by atoms with Crippen LogP contribution in [0.5, 0.6) is 0 Å². The Bertz CT molecular complexity index is 502. The average Bonchev–Trinajstić information content (AvgIpc) is 2.37. The number of nitrogens with zero attached hydrogens (tertiary/aromatic N) is 2. The summed E-state index contributed by atoms with van der Waals surface area (Å²) in [4.78, 5) is 23.9. The molecule has 0 heterocycles. The van der Waals surface area contributed by atoms with E-state index in [2.05, 4.69) is 5.32 Å². The number of rotatable bonds is 6. The molecule has 0 aliphatic carbocycles. The molecule has 1 rings (SSSR count). The van der Waals surface area contributed by atoms with E-state index in [4.69, 9.17) is 0 Å². The number of nitrogens with one attached hydrogen (secondary N) is 1. The van der Waals surface area contributed by atoms with Gasteiger partial charge in [0, 0.05) is 31.8 Å². The predicted molar refractivity (Wildman–Crippen MR) is 75.9 cm³/mol. The van der Waals surface area contributed by atoms with Crippen LogP contribution in [0, 0.1) is 10.1 Å². The van der Waals surface area contributed by atoms with E-state index in [9.17, 15) is 20.0 Å². The lowest BCUT2D eigenvalue weighted by Crippen LogP contribution is -2.33. The van der Waals surface area contributed by atoms with E-state index < -0.39 is 11.0 Å². The molecule has 0 aromatic heterocycles. The Labute approximate surface area is 117 Å². The van der Waals surface area contributed by atoms with Crippen molar-refractivity contribution in [1.82, 2.24) is 4.90 Å². The minimum atomic E-state index is -0.629. The highest BCUT2D eigenvalue weighted by atomic mass is 16.6. The highest BCUT2D eigenvalue weighted by Gasteiger charge is 2.19. The maximum Gasteiger partial charge on any atom is 0.292 e. The molecule has 0 bridgehead atoms. The Morgan fingerprint density at radius 2 is 2.20 bits per heavy atom. The van der Waals surface area contributed by atoms with E-state index >= 15 is 0 Å². The molecule has 110 valence electrons. The summed E-state index contributed by atoms with van der Waals surface area (Å²) in [6.07, 6.45) is -0.629. The largest absolute Gasteiger partial charge is 0.392 e. The van der Waals surface area contributed by atoms with Gasteiger partial charge in [-0.1, -0.05) is 0 Å². The first-order chi connectivity index (χ1) is 9.36. The fourth-order valence-corrected chi connectivity index (χ4v) is 1.86. The van der Waals surface area contributed by atoms with Gasteiger partial charge in [-0.2, -0.15) is 0 Å². The number of aliphatic hydroxyl groups is 1. The monoisotopic (exact) mass is 281 g/mol. The Kier molecular flexibility index (Phi) is 5.45. The van der Waals surface area contributed by atoms with E-state index in [1.807, 2.05) is 6.92 Å². The quantitative estimate of drug-likeness (QED) is 0.608. The van der Waals surface area contributed by atoms with Gasteiger partial charge in [-0.15, -0.1) is 0 Å². The third kappa shape index (κ3) is 3.92. The lowest BCUT2D eigenvalue weighted by atomic mass is 10.1. The van der Waals surface area contributed by atoms with Gasteiger partial charge in [0.2, 0.25) is 0 Å². The molecule has 7 heteroatoms. The van der Waals surface area contributed by atoms with Crippen LogP contribution in [0.1, 0.15) is 24.2 Å². The van der Waals surface area contributed by atoms with Crippen molar-refractivity contribution in [2.45, 2.75) is 20.0 Å². The molecule has 7 nitrogen and oxygen atoms in total. The number of anilines is 1. The first-order valence-corrected chi connectivity index (χ1v) is 6.32. The molecule has 1 unspecified atom stereocenters. The van der Waals surface area contributed by atoms with Gasteiger partial charge in [-0.05, 0) is 26.0 Å². The summed E-state index contributed by atoms with van der Waals surface area (Å²) in [5.74, 6) is -0.292. The number of nitro benzene ring substituents is 1. The molecule has 0 radical (unpaired) electrons. The van der Waals surface area contributed by atoms with Gasteiger partial charge in [0.05, 0.1) is 11.0 Å². The summed E-state index contributed by atoms with van der Waals surface area (Å²) in [6, 6.07) is 4.18. The van der Waals surface area contributed by atoms with Crippen molar-refractivity contribution in [3.63, 3.8) is 0 Å². The van der Waals surface area contributed by atoms with Gasteiger partial charge < -0.3 is 15.3 Å². The molecule has 0 fully saturated rings. The molecule has 1 aromatic carbocycles. The SMILES string of the molecule is CCNc1cc(C(=O)N(C)CC(C)O)ccc1[N+](=O)[O-]. The third-order valence-electron chi connectivity index (χ3n) is 2.69. The van der Waals surface area contributed by atoms with Crippen molar-refractivity contribution in [2.24, 2.45) is 0 Å². The van der Waals surface area contributed by atoms with Gasteiger partial charge in [-0.3, -0.25) is 14.9 Å². The van der Waals surface area contributed by atoms with Crippen LogP contribution in [0.15, 0.2) is 18.2 Å². The first-order valence-electron chi connectivity index (χ1n) is 6.32. The maximum atomic E-state index is 12.1. The number of nitro groups is 1. The molecule has 0 spiro atoms. The van der Waals surface area contributed by atoms with E-state index in [1.54, 1.807) is 14.0 Å². The van der Waals surface area contributed by atoms with E-state index in [0.29, 0.717) is 17.8 Å². The number of hydrogen-bond donors (Lipinski definition) is 2. The zero-order valence-electron chi connectivity index (χ0n) is 11.8. The molecule has 0 saturated heterocycles. The molecule has 1 atom stereocenters. The highest BCUT2D eigenvalue weighted by Crippen LogP contribution is 2.25. The van der Waals surface area contributed by atoms with Crippen molar-refractivity contribution in [2.75, 3.05) is 25.5 Å². The molecule has 1 amide bonds. The zero-order chi connectivity index (χ0) is 15.3. The van der Waals surface area contributed by atoms with E-state index in [0.717, 1.165) is 0 Å². The van der Waals surface area contributed by atoms with Crippen LogP contribution < -0.4 is 5.32 Å². The summed E-state index contributed by atoms with van der Waals surface area (Å²) in [5.41, 5.74) is 0.588. The smallest absolute Gasteiger partial charge is 0.292 e. The Hall–Kier alpha value is -2.15. The molecule has 20 heavy (non-hydrogen) atoms. The van der Waals surface area contributed by atoms with Gasteiger partial charge in [0.25, 0.3) is 11.6 Å². The number of likely N-dealkylation sites (N-methyl/N-ethyl adjacent to an activating group) is 1. The predicted octanol–water partition coefficient (Wildman–Crippen LogP) is 1.48. The average molecular weight is 281 g/mol. The van der Waals surface area contributed by atoms with Crippen LogP contribution >= 0.6 is 0 Å². The van der Waals surface area contributed by atoms with Gasteiger partial charge in [0.15, 0.2) is 0 Å². The molecule has 0 saturated carbocycles. The minimum absolute atomic E-state index is 0.0680. The molecule has 1 aromatic rings. The van der Waals surface area contributed by atoms with Crippen LogP contribution in [0.2, 0.25) is 0 Å². The standard InChI is InChI=1S/C13H19N3O4/c1-4-14-11-7-10(5-6-12(11)16(19)20)13(18)15(3)8-9(2)17/h5-7,9,14,17H,4,8H2,1-3H3. The second-order valence-electron chi connectivity index (χ2n) is 4.55. The second kappa shape index (κ2) is 6.85. The van der Waals surface area contributed by atoms with Crippen LogP contribution in [0.3, 0.4) is 0 Å². The molecule has 2 N–H and O–H groups in total. The number of carbonyl (C=O) groups is 1. The van der Waals surface area contributed by atoms with Crippen molar-refractivity contribution < 1.29 is 14.8 Å². The van der Waals surface area contributed by atoms with Crippen LogP contribution in [-0.2, 0) is 0 Å². The van der Waals surface area contributed by atoms with Crippen LogP contribution in [0.4, 0.5) is 11.4 Å². The van der Waals surface area contributed by atoms with Gasteiger partial charge in [0.1, 0.15) is 5.69 Å². The van der Waals surface area contributed by atoms with Crippen molar-refractivity contribution in [1.29, 1.82) is 0 Å². The second-order valence-corrected chi connectivity index (χ2v) is 4.55. The van der Waals surface area contributed by atoms with Crippen molar-refractivity contribution >= 4 is 17.3 Å². The fraction of sp³-hybridized carbons (Fsp3) is 0.462. The lowest BCUT2D eigenvalue weighted by molar-refractivity contribution is -0.384. The minimum Gasteiger partial charge on any atom is -0.392 e. The Morgan fingerprint density at radius 3 is 2.70 bits per heavy atom. The molecular formula is C13H19N3O4. The number of amides is 1. The van der Waals surface area contributed by atoms with Crippen LogP contribution in [-0.4, -0.2) is 47.1 Å². The van der Waals surface area contributed by atoms with Crippen molar-refractivity contribution in [3.05, 3.63) is 33.9 Å². The highest BCUT2D eigenvalue weighted by molar-refractivity contribution is 5.95. The topological polar surface area (TPSA) is 95.7 Å². The summed E-state index contributed by atoms with van der Waals surface area (Å²) < 4.78 is 0. The summed E-state index contributed by atoms with van der Waals surface area (Å²) in [7, 11) is 1.57. The number of benzene rings is 1. The maximum absolute atomic E-state index is 12.1. The number of aliphatic hydroxyl groups excluding tert-OH is 1. The third-order valence-corrected chi connectivity index (χ3v) is 2.69. The fourth-order valence-electron chi connectivity index (χ4n) is 1.86. The summed E-state index contributed by atoms with van der Waals surface area (Å²) in [6.45, 7) is 4.12. The van der Waals surface area contributed by atoms with Crippen molar-refractivity contribution in [3.8, 4) is 0 Å². The Balaban J connectivity index is 3.05. The Morgan fingerprint density at radius 1 is 1.55 bits per heavy atom. The van der Waals surface area contributed by atoms with Gasteiger partial charge in [-0.25, -0.2) is 0 Å². The zero-order valence-corrected chi connectivity index (χ0v) is 11.8. The summed E-state index contributed by atoms with van der Waals surface area (Å²) >= 11 is 0. The van der Waals surface area contributed by atoms with Gasteiger partial charge >= 0.3 is 0 Å². The molecule has 0 aliphatic heterocycles. The van der Waals surface area contributed by atoms with E-state index in [-0.39, 0.29) is 18.1 Å². The summed E-state index contributed by atoms with van der Waals surface area (Å²) in [5, 5.41) is 23.0.